The van der Waals surface area contributed by atoms with Crippen molar-refractivity contribution in [2.75, 3.05) is 0 Å². The van der Waals surface area contributed by atoms with Crippen LogP contribution in [0.1, 0.15) is 48.4 Å². The molecule has 0 bridgehead atoms. The molecule has 1 fully saturated rings. The molecule has 24 heavy (non-hydrogen) atoms. The van der Waals surface area contributed by atoms with E-state index in [2.05, 4.69) is 0 Å². The van der Waals surface area contributed by atoms with E-state index in [-0.39, 0.29) is 28.3 Å². The summed E-state index contributed by atoms with van der Waals surface area (Å²) in [6, 6.07) is 11.2. The van der Waals surface area contributed by atoms with E-state index in [0.717, 1.165) is 25.7 Å². The molecule has 1 aromatic carbocycles. The minimum Gasteiger partial charge on any atom is -0.457 e. The minimum absolute atomic E-state index is 0.0545. The van der Waals surface area contributed by atoms with Gasteiger partial charge in [-0.2, -0.15) is 0 Å². The molecule has 0 spiro atoms. The lowest BCUT2D eigenvalue weighted by atomic mass is 9.98. The lowest BCUT2D eigenvalue weighted by molar-refractivity contribution is 0.0175. The highest BCUT2D eigenvalue weighted by Crippen LogP contribution is 2.23. The first-order valence-corrected chi connectivity index (χ1v) is 9.77. The van der Waals surface area contributed by atoms with Crippen LogP contribution in [-0.2, 0) is 20.3 Å². The van der Waals surface area contributed by atoms with E-state index in [4.69, 9.17) is 9.15 Å². The molecule has 1 aliphatic carbocycles. The van der Waals surface area contributed by atoms with Crippen molar-refractivity contribution in [2.24, 2.45) is 0 Å². The first kappa shape index (κ1) is 16.8. The van der Waals surface area contributed by atoms with Gasteiger partial charge in [-0.3, -0.25) is 0 Å². The topological polar surface area (TPSA) is 73.6 Å². The van der Waals surface area contributed by atoms with Gasteiger partial charge in [-0.25, -0.2) is 13.2 Å². The number of sulfone groups is 1. The molecule has 0 aliphatic heterocycles. The van der Waals surface area contributed by atoms with Crippen LogP contribution in [0.5, 0.6) is 0 Å². The summed E-state index contributed by atoms with van der Waals surface area (Å²) in [5, 5.41) is 0. The van der Waals surface area contributed by atoms with Gasteiger partial charge in [0.15, 0.2) is 9.84 Å². The standard InChI is InChI=1S/C18H20O5S/c19-18(23-14-7-3-1-4-8-14)17-12-11-15(22-17)13-24(20,21)16-9-5-2-6-10-16/h2,5-6,9-12,14H,1,3-4,7-8,13H2. The predicted molar refractivity (Wildman–Crippen MR) is 88.3 cm³/mol. The highest BCUT2D eigenvalue weighted by molar-refractivity contribution is 7.90. The van der Waals surface area contributed by atoms with E-state index in [1.54, 1.807) is 18.2 Å². The van der Waals surface area contributed by atoms with Crippen molar-refractivity contribution in [3.05, 3.63) is 54.0 Å². The number of carbonyl (C=O) groups is 1. The Labute approximate surface area is 141 Å². The molecule has 1 heterocycles. The monoisotopic (exact) mass is 348 g/mol. The van der Waals surface area contributed by atoms with Crippen molar-refractivity contribution < 1.29 is 22.4 Å². The van der Waals surface area contributed by atoms with Gasteiger partial charge in [0.1, 0.15) is 17.6 Å². The zero-order chi connectivity index (χ0) is 17.0. The van der Waals surface area contributed by atoms with Crippen molar-refractivity contribution in [1.29, 1.82) is 0 Å². The fourth-order valence-corrected chi connectivity index (χ4v) is 4.12. The second kappa shape index (κ2) is 7.21. The molecule has 0 radical (unpaired) electrons. The van der Waals surface area contributed by atoms with E-state index in [0.29, 0.717) is 0 Å². The van der Waals surface area contributed by atoms with Crippen LogP contribution in [0.4, 0.5) is 0 Å². The lowest BCUT2D eigenvalue weighted by Crippen LogP contribution is -2.20. The van der Waals surface area contributed by atoms with Gasteiger partial charge in [-0.15, -0.1) is 0 Å². The summed E-state index contributed by atoms with van der Waals surface area (Å²) < 4.78 is 35.5. The molecule has 0 atom stereocenters. The number of hydrogen-bond donors (Lipinski definition) is 0. The molecule has 1 saturated carbocycles. The van der Waals surface area contributed by atoms with Crippen molar-refractivity contribution in [3.8, 4) is 0 Å². The van der Waals surface area contributed by atoms with Gasteiger partial charge in [0.25, 0.3) is 0 Å². The zero-order valence-corrected chi connectivity index (χ0v) is 14.1. The van der Waals surface area contributed by atoms with Crippen molar-refractivity contribution in [1.82, 2.24) is 0 Å². The summed E-state index contributed by atoms with van der Waals surface area (Å²) in [7, 11) is -3.50. The lowest BCUT2D eigenvalue weighted by Gasteiger charge is -2.21. The van der Waals surface area contributed by atoms with Crippen molar-refractivity contribution >= 4 is 15.8 Å². The Morgan fingerprint density at radius 3 is 2.46 bits per heavy atom. The first-order chi connectivity index (χ1) is 11.5. The number of benzene rings is 1. The number of furan rings is 1. The van der Waals surface area contributed by atoms with E-state index >= 15 is 0 Å². The molecule has 128 valence electrons. The molecular formula is C18H20O5S. The molecule has 2 aromatic rings. The molecule has 3 rings (SSSR count). The Hall–Kier alpha value is -2.08. The van der Waals surface area contributed by atoms with Gasteiger partial charge in [0.05, 0.1) is 4.90 Å². The van der Waals surface area contributed by atoms with E-state index in [1.807, 2.05) is 0 Å². The number of ether oxygens (including phenoxy) is 1. The third-order valence-electron chi connectivity index (χ3n) is 4.12. The van der Waals surface area contributed by atoms with Crippen LogP contribution >= 0.6 is 0 Å². The number of rotatable bonds is 5. The summed E-state index contributed by atoms with van der Waals surface area (Å²) in [5.74, 6) is -0.521. The molecule has 6 heteroatoms. The maximum absolute atomic E-state index is 12.3. The van der Waals surface area contributed by atoms with Crippen LogP contribution in [-0.4, -0.2) is 20.5 Å². The first-order valence-electron chi connectivity index (χ1n) is 8.12. The fraction of sp³-hybridized carbons (Fsp3) is 0.389. The van der Waals surface area contributed by atoms with Crippen molar-refractivity contribution in [2.45, 2.75) is 48.9 Å². The Bertz CT molecular complexity index is 786. The zero-order valence-electron chi connectivity index (χ0n) is 13.3. The van der Waals surface area contributed by atoms with Gasteiger partial charge in [0, 0.05) is 0 Å². The van der Waals surface area contributed by atoms with Gasteiger partial charge in [0.2, 0.25) is 5.76 Å². The van der Waals surface area contributed by atoms with Gasteiger partial charge in [-0.05, 0) is 49.9 Å². The predicted octanol–water partition coefficient (Wildman–Crippen LogP) is 3.74. The van der Waals surface area contributed by atoms with Gasteiger partial charge in [-0.1, -0.05) is 24.6 Å². The Balaban J connectivity index is 1.66. The fourth-order valence-electron chi connectivity index (χ4n) is 2.86. The Kier molecular flexibility index (Phi) is 5.04. The van der Waals surface area contributed by atoms with Crippen LogP contribution in [0.15, 0.2) is 51.8 Å². The van der Waals surface area contributed by atoms with E-state index in [9.17, 15) is 13.2 Å². The largest absolute Gasteiger partial charge is 0.457 e. The molecule has 0 saturated heterocycles. The summed E-state index contributed by atoms with van der Waals surface area (Å²) in [6.45, 7) is 0. The molecule has 0 amide bonds. The number of hydrogen-bond acceptors (Lipinski definition) is 5. The van der Waals surface area contributed by atoms with Crippen LogP contribution in [0.2, 0.25) is 0 Å². The minimum atomic E-state index is -3.50. The smallest absolute Gasteiger partial charge is 0.374 e. The Morgan fingerprint density at radius 2 is 1.75 bits per heavy atom. The van der Waals surface area contributed by atoms with Crippen LogP contribution < -0.4 is 0 Å². The van der Waals surface area contributed by atoms with E-state index in [1.165, 1.54) is 30.7 Å². The second-order valence-corrected chi connectivity index (χ2v) is 7.99. The molecule has 0 N–H and O–H groups in total. The normalized spacial score (nSPS) is 16.0. The van der Waals surface area contributed by atoms with Crippen LogP contribution in [0, 0.1) is 0 Å². The summed E-state index contributed by atoms with van der Waals surface area (Å²) in [4.78, 5) is 12.3. The van der Waals surface area contributed by atoms with Crippen LogP contribution in [0.3, 0.4) is 0 Å². The summed E-state index contributed by atoms with van der Waals surface area (Å²) in [5.41, 5.74) is 0. The highest BCUT2D eigenvalue weighted by Gasteiger charge is 2.22. The van der Waals surface area contributed by atoms with Crippen molar-refractivity contribution in [3.63, 3.8) is 0 Å². The van der Waals surface area contributed by atoms with E-state index < -0.39 is 15.8 Å². The SMILES string of the molecule is O=C(OC1CCCCC1)c1ccc(CS(=O)(=O)c2ccccc2)o1. The molecular weight excluding hydrogens is 328 g/mol. The van der Waals surface area contributed by atoms with Crippen LogP contribution in [0.25, 0.3) is 0 Å². The summed E-state index contributed by atoms with van der Waals surface area (Å²) >= 11 is 0. The number of esters is 1. The maximum Gasteiger partial charge on any atom is 0.374 e. The molecule has 0 unspecified atom stereocenters. The molecule has 5 nitrogen and oxygen atoms in total. The molecule has 1 aliphatic rings. The van der Waals surface area contributed by atoms with Gasteiger partial charge < -0.3 is 9.15 Å². The molecule has 1 aromatic heterocycles. The maximum atomic E-state index is 12.3. The third kappa shape index (κ3) is 4.06. The quantitative estimate of drug-likeness (QED) is 0.770. The third-order valence-corrected chi connectivity index (χ3v) is 5.78. The second-order valence-electron chi connectivity index (χ2n) is 6.00. The van der Waals surface area contributed by atoms with Gasteiger partial charge >= 0.3 is 5.97 Å². The summed E-state index contributed by atoms with van der Waals surface area (Å²) in [6.07, 6.45) is 5.00. The Morgan fingerprint density at radius 1 is 1.04 bits per heavy atom. The number of carbonyl (C=O) groups excluding carboxylic acids is 1. The average Bonchev–Trinajstić information content (AvgIpc) is 3.04. The average molecular weight is 348 g/mol. The highest BCUT2D eigenvalue weighted by atomic mass is 32.2.